The molecule has 7 nitrogen and oxygen atoms in total. The third kappa shape index (κ3) is 3.32. The van der Waals surface area contributed by atoms with Crippen LogP contribution in [0.1, 0.15) is 33.6 Å². The van der Waals surface area contributed by atoms with Crippen molar-refractivity contribution in [3.8, 4) is 11.6 Å². The molecule has 1 aliphatic rings. The smallest absolute Gasteiger partial charge is 0.282 e. The normalized spacial score (nSPS) is 13.3. The van der Waals surface area contributed by atoms with Crippen molar-refractivity contribution in [1.29, 1.82) is 0 Å². The molecule has 3 heterocycles. The number of aromatic hydroxyl groups is 1. The summed E-state index contributed by atoms with van der Waals surface area (Å²) < 4.78 is 2.50. The van der Waals surface area contributed by atoms with Crippen LogP contribution in [0.4, 0.5) is 0 Å². The zero-order chi connectivity index (χ0) is 24.3. The van der Waals surface area contributed by atoms with Crippen molar-refractivity contribution in [2.24, 2.45) is 5.10 Å². The zero-order valence-electron chi connectivity index (χ0n) is 19.3. The monoisotopic (exact) mass is 482 g/mol. The number of hydrogen-bond donors (Lipinski definition) is 1. The molecule has 0 aliphatic heterocycles. The highest BCUT2D eigenvalue weighted by Crippen LogP contribution is 2.34. The molecule has 0 saturated heterocycles. The van der Waals surface area contributed by atoms with Crippen LogP contribution in [0, 0.1) is 13.8 Å². The minimum absolute atomic E-state index is 0.225. The van der Waals surface area contributed by atoms with Crippen LogP contribution in [0.5, 0.6) is 5.88 Å². The van der Waals surface area contributed by atoms with Crippen LogP contribution in [-0.2, 0) is 12.8 Å². The fourth-order valence-corrected chi connectivity index (χ4v) is 6.17. The van der Waals surface area contributed by atoms with Crippen molar-refractivity contribution in [1.82, 2.24) is 14.2 Å². The van der Waals surface area contributed by atoms with Crippen LogP contribution < -0.4 is 11.1 Å². The van der Waals surface area contributed by atoms with Gasteiger partial charge in [0.15, 0.2) is 0 Å². The summed E-state index contributed by atoms with van der Waals surface area (Å²) in [5, 5.41) is 17.3. The molecule has 174 valence electrons. The van der Waals surface area contributed by atoms with Gasteiger partial charge in [0.25, 0.3) is 11.1 Å². The van der Waals surface area contributed by atoms with E-state index in [4.69, 9.17) is 0 Å². The maximum Gasteiger partial charge on any atom is 0.282 e. The van der Waals surface area contributed by atoms with E-state index >= 15 is 0 Å². The number of thiophene rings is 1. The predicted molar refractivity (Wildman–Crippen MR) is 140 cm³/mol. The highest BCUT2D eigenvalue weighted by molar-refractivity contribution is 7.18. The molecule has 1 N–H and O–H groups in total. The van der Waals surface area contributed by atoms with E-state index in [1.165, 1.54) is 26.7 Å². The SMILES string of the molecule is Cc1ccc(-n2c(O)c(C=Nn3cnc4sc5c(c4c3=O)CCC5)c3ccccc3c2=O)c(C)c1. The Labute approximate surface area is 204 Å². The quantitative estimate of drug-likeness (QED) is 0.385. The summed E-state index contributed by atoms with van der Waals surface area (Å²) in [4.78, 5) is 33.0. The largest absolute Gasteiger partial charge is 0.494 e. The Morgan fingerprint density at radius 1 is 1.06 bits per heavy atom. The third-order valence-electron chi connectivity index (χ3n) is 6.62. The summed E-state index contributed by atoms with van der Waals surface area (Å²) in [5.74, 6) is -0.233. The second-order valence-electron chi connectivity index (χ2n) is 8.89. The maximum atomic E-state index is 13.4. The van der Waals surface area contributed by atoms with Crippen molar-refractivity contribution in [3.63, 3.8) is 0 Å². The van der Waals surface area contributed by atoms with Gasteiger partial charge >= 0.3 is 0 Å². The molecule has 1 aliphatic carbocycles. The van der Waals surface area contributed by atoms with Gasteiger partial charge in [-0.15, -0.1) is 11.3 Å². The molecule has 5 aromatic rings. The number of aryl methyl sites for hydroxylation is 4. The summed E-state index contributed by atoms with van der Waals surface area (Å²) in [6.45, 7) is 3.88. The van der Waals surface area contributed by atoms with Gasteiger partial charge in [0.1, 0.15) is 11.2 Å². The van der Waals surface area contributed by atoms with Gasteiger partial charge in [0.2, 0.25) is 5.88 Å². The second-order valence-corrected chi connectivity index (χ2v) is 9.97. The fraction of sp³-hybridized carbons (Fsp3) is 0.185. The average molecular weight is 483 g/mol. The first kappa shape index (κ1) is 21.5. The summed E-state index contributed by atoms with van der Waals surface area (Å²) in [7, 11) is 0. The van der Waals surface area contributed by atoms with Crippen molar-refractivity contribution in [3.05, 3.63) is 96.6 Å². The standard InChI is InChI=1S/C27H22N4O3S/c1-15-10-11-21(16(2)12-15)31-25(32)18-7-4-3-6-17(18)20(26(31)33)13-29-30-14-28-24-23(27(30)34)19-8-5-9-22(19)35-24/h3-4,6-7,10-14,33H,5,8-9H2,1-2H3. The lowest BCUT2D eigenvalue weighted by Crippen LogP contribution is -2.21. The lowest BCUT2D eigenvalue weighted by Gasteiger charge is -2.16. The number of hydrogen-bond acceptors (Lipinski definition) is 6. The van der Waals surface area contributed by atoms with Gasteiger partial charge in [0.05, 0.1) is 22.9 Å². The number of pyridine rings is 1. The molecule has 0 atom stereocenters. The summed E-state index contributed by atoms with van der Waals surface area (Å²) >= 11 is 1.58. The molecule has 35 heavy (non-hydrogen) atoms. The van der Waals surface area contributed by atoms with E-state index < -0.39 is 0 Å². The predicted octanol–water partition coefficient (Wildman–Crippen LogP) is 4.46. The lowest BCUT2D eigenvalue weighted by molar-refractivity contribution is 0.436. The topological polar surface area (TPSA) is 89.5 Å². The Bertz CT molecular complexity index is 1810. The summed E-state index contributed by atoms with van der Waals surface area (Å²) in [5.41, 5.74) is 3.40. The number of benzene rings is 2. The van der Waals surface area contributed by atoms with Crippen molar-refractivity contribution >= 4 is 38.5 Å². The third-order valence-corrected chi connectivity index (χ3v) is 7.82. The molecule has 6 rings (SSSR count). The van der Waals surface area contributed by atoms with Crippen molar-refractivity contribution < 1.29 is 5.11 Å². The average Bonchev–Trinajstić information content (AvgIpc) is 3.43. The minimum atomic E-state index is -0.323. The van der Waals surface area contributed by atoms with E-state index in [0.29, 0.717) is 27.4 Å². The first-order chi connectivity index (χ1) is 16.9. The molecule has 3 aromatic heterocycles. The number of rotatable bonds is 3. The van der Waals surface area contributed by atoms with Gasteiger partial charge < -0.3 is 5.11 Å². The van der Waals surface area contributed by atoms with Gasteiger partial charge in [-0.3, -0.25) is 9.59 Å². The van der Waals surface area contributed by atoms with Gasteiger partial charge in [-0.1, -0.05) is 35.9 Å². The van der Waals surface area contributed by atoms with Gasteiger partial charge in [-0.2, -0.15) is 9.78 Å². The molecule has 0 bridgehead atoms. The van der Waals surface area contributed by atoms with E-state index in [1.807, 2.05) is 32.0 Å². The molecule has 8 heteroatoms. The Morgan fingerprint density at radius 3 is 2.66 bits per heavy atom. The molecule has 0 fully saturated rings. The maximum absolute atomic E-state index is 13.4. The molecular formula is C27H22N4O3S. The van der Waals surface area contributed by atoms with Gasteiger partial charge in [0, 0.05) is 15.6 Å². The Hall–Kier alpha value is -4.04. The van der Waals surface area contributed by atoms with E-state index in [2.05, 4.69) is 10.1 Å². The first-order valence-corrected chi connectivity index (χ1v) is 12.3. The molecule has 0 amide bonds. The summed E-state index contributed by atoms with van der Waals surface area (Å²) in [6.07, 6.45) is 5.75. The van der Waals surface area contributed by atoms with E-state index in [0.717, 1.165) is 40.8 Å². The lowest BCUT2D eigenvalue weighted by atomic mass is 10.1. The van der Waals surface area contributed by atoms with E-state index in [-0.39, 0.29) is 17.0 Å². The minimum Gasteiger partial charge on any atom is -0.494 e. The Morgan fingerprint density at radius 2 is 1.86 bits per heavy atom. The molecule has 0 unspecified atom stereocenters. The van der Waals surface area contributed by atoms with Crippen LogP contribution in [0.15, 0.2) is 63.5 Å². The van der Waals surface area contributed by atoms with Crippen molar-refractivity contribution in [2.45, 2.75) is 33.1 Å². The highest BCUT2D eigenvalue weighted by Gasteiger charge is 2.22. The second kappa shape index (κ2) is 8.02. The first-order valence-electron chi connectivity index (χ1n) is 11.4. The molecule has 0 saturated carbocycles. The molecular weight excluding hydrogens is 460 g/mol. The number of nitrogens with zero attached hydrogens (tertiary/aromatic N) is 4. The molecule has 0 radical (unpaired) electrons. The molecule has 2 aromatic carbocycles. The summed E-state index contributed by atoms with van der Waals surface area (Å²) in [6, 6.07) is 12.8. The van der Waals surface area contributed by atoms with Crippen LogP contribution in [0.2, 0.25) is 0 Å². The van der Waals surface area contributed by atoms with Gasteiger partial charge in [-0.05, 0) is 56.4 Å². The zero-order valence-corrected chi connectivity index (χ0v) is 20.1. The van der Waals surface area contributed by atoms with Crippen LogP contribution in [-0.4, -0.2) is 25.5 Å². The molecule has 0 spiro atoms. The van der Waals surface area contributed by atoms with E-state index in [9.17, 15) is 14.7 Å². The Kier molecular flexibility index (Phi) is 4.93. The Balaban J connectivity index is 1.57. The van der Waals surface area contributed by atoms with Gasteiger partial charge in [-0.25, -0.2) is 9.55 Å². The highest BCUT2D eigenvalue weighted by atomic mass is 32.1. The van der Waals surface area contributed by atoms with Crippen LogP contribution in [0.25, 0.3) is 26.7 Å². The fourth-order valence-electron chi connectivity index (χ4n) is 4.95. The van der Waals surface area contributed by atoms with E-state index in [1.54, 1.807) is 35.6 Å². The number of aromatic nitrogens is 3. The van der Waals surface area contributed by atoms with Crippen molar-refractivity contribution in [2.75, 3.05) is 0 Å². The van der Waals surface area contributed by atoms with Crippen LogP contribution in [0.3, 0.4) is 0 Å². The van der Waals surface area contributed by atoms with Crippen LogP contribution >= 0.6 is 11.3 Å². The number of fused-ring (bicyclic) bond motifs is 4.